The number of nitrogens with one attached hydrogen (secondary N) is 1. The predicted molar refractivity (Wildman–Crippen MR) is 78.4 cm³/mol. The Balaban J connectivity index is 2.06. The van der Waals surface area contributed by atoms with Gasteiger partial charge in [0.25, 0.3) is 0 Å². The Labute approximate surface area is 122 Å². The summed E-state index contributed by atoms with van der Waals surface area (Å²) in [5.74, 6) is -0.634. The molecule has 2 rings (SSSR count). The first kappa shape index (κ1) is 15.0. The van der Waals surface area contributed by atoms with E-state index in [1.54, 1.807) is 24.3 Å². The van der Waals surface area contributed by atoms with E-state index in [4.69, 9.17) is 5.26 Å². The van der Waals surface area contributed by atoms with Crippen LogP contribution in [0.2, 0.25) is 0 Å². The molecule has 4 nitrogen and oxygen atoms in total. The SMILES string of the molecule is N#CCc1ccc(NS(=O)(=O)Cc2ccc(F)cc2)cc1. The molecule has 2 aromatic rings. The highest BCUT2D eigenvalue weighted by Crippen LogP contribution is 2.14. The van der Waals surface area contributed by atoms with Crippen molar-refractivity contribution in [1.29, 1.82) is 5.26 Å². The molecule has 0 amide bonds. The molecule has 0 radical (unpaired) electrons. The summed E-state index contributed by atoms with van der Waals surface area (Å²) in [5.41, 5.74) is 1.75. The molecule has 0 aliphatic heterocycles. The second-order valence-electron chi connectivity index (χ2n) is 4.52. The van der Waals surface area contributed by atoms with Crippen molar-refractivity contribution in [3.8, 4) is 6.07 Å². The van der Waals surface area contributed by atoms with Crippen molar-refractivity contribution in [1.82, 2.24) is 0 Å². The Hall–Kier alpha value is -2.39. The minimum Gasteiger partial charge on any atom is -0.283 e. The minimum absolute atomic E-state index is 0.229. The molecule has 0 saturated carbocycles. The number of sulfonamides is 1. The maximum Gasteiger partial charge on any atom is 0.236 e. The van der Waals surface area contributed by atoms with Crippen LogP contribution >= 0.6 is 0 Å². The third-order valence-electron chi connectivity index (χ3n) is 2.78. The first-order valence-electron chi connectivity index (χ1n) is 6.19. The lowest BCUT2D eigenvalue weighted by molar-refractivity contribution is 0.600. The van der Waals surface area contributed by atoms with E-state index in [1.807, 2.05) is 6.07 Å². The van der Waals surface area contributed by atoms with Crippen molar-refractivity contribution in [2.24, 2.45) is 0 Å². The lowest BCUT2D eigenvalue weighted by atomic mass is 10.1. The van der Waals surface area contributed by atoms with Gasteiger partial charge in [0.1, 0.15) is 5.82 Å². The Morgan fingerprint density at radius 2 is 1.57 bits per heavy atom. The minimum atomic E-state index is -3.56. The topological polar surface area (TPSA) is 70.0 Å². The van der Waals surface area contributed by atoms with Crippen LogP contribution in [0.4, 0.5) is 10.1 Å². The van der Waals surface area contributed by atoms with Gasteiger partial charge in [-0.2, -0.15) is 5.26 Å². The van der Waals surface area contributed by atoms with Gasteiger partial charge in [-0.1, -0.05) is 24.3 Å². The Morgan fingerprint density at radius 3 is 2.14 bits per heavy atom. The summed E-state index contributed by atoms with van der Waals surface area (Å²) in [6.45, 7) is 0. The van der Waals surface area contributed by atoms with E-state index < -0.39 is 15.8 Å². The number of nitriles is 1. The molecule has 108 valence electrons. The lowest BCUT2D eigenvalue weighted by Gasteiger charge is -2.08. The molecule has 0 atom stereocenters. The molecule has 0 heterocycles. The Kier molecular flexibility index (Phi) is 4.55. The molecule has 0 aliphatic rings. The molecule has 0 saturated heterocycles. The second kappa shape index (κ2) is 6.37. The van der Waals surface area contributed by atoms with Gasteiger partial charge in [0.15, 0.2) is 0 Å². The monoisotopic (exact) mass is 304 g/mol. The van der Waals surface area contributed by atoms with Crippen LogP contribution in [0.3, 0.4) is 0 Å². The summed E-state index contributed by atoms with van der Waals surface area (Å²) in [6.07, 6.45) is 0.280. The average molecular weight is 304 g/mol. The number of anilines is 1. The van der Waals surface area contributed by atoms with Gasteiger partial charge in [0, 0.05) is 5.69 Å². The number of halogens is 1. The fourth-order valence-electron chi connectivity index (χ4n) is 1.80. The Bertz CT molecular complexity index is 748. The van der Waals surface area contributed by atoms with Gasteiger partial charge in [0.05, 0.1) is 18.2 Å². The van der Waals surface area contributed by atoms with Gasteiger partial charge in [0.2, 0.25) is 10.0 Å². The highest BCUT2D eigenvalue weighted by molar-refractivity contribution is 7.91. The van der Waals surface area contributed by atoms with Crippen molar-refractivity contribution in [3.63, 3.8) is 0 Å². The van der Waals surface area contributed by atoms with Gasteiger partial charge >= 0.3 is 0 Å². The smallest absolute Gasteiger partial charge is 0.236 e. The number of hydrogen-bond donors (Lipinski definition) is 1. The van der Waals surface area contributed by atoms with Crippen molar-refractivity contribution in [3.05, 3.63) is 65.5 Å². The quantitative estimate of drug-likeness (QED) is 0.923. The maximum atomic E-state index is 12.8. The normalized spacial score (nSPS) is 10.9. The summed E-state index contributed by atoms with van der Waals surface area (Å²) in [5, 5.41) is 8.57. The zero-order valence-electron chi connectivity index (χ0n) is 11.1. The van der Waals surface area contributed by atoms with E-state index >= 15 is 0 Å². The van der Waals surface area contributed by atoms with E-state index in [1.165, 1.54) is 24.3 Å². The molecule has 0 spiro atoms. The predicted octanol–water partition coefficient (Wildman–Crippen LogP) is 2.83. The fraction of sp³-hybridized carbons (Fsp3) is 0.133. The molecule has 0 unspecified atom stereocenters. The summed E-state index contributed by atoms with van der Waals surface area (Å²) < 4.78 is 39.2. The zero-order valence-corrected chi connectivity index (χ0v) is 11.9. The van der Waals surface area contributed by atoms with E-state index in [2.05, 4.69) is 4.72 Å². The van der Waals surface area contributed by atoms with Crippen LogP contribution in [0.25, 0.3) is 0 Å². The van der Waals surface area contributed by atoms with Crippen molar-refractivity contribution in [2.75, 3.05) is 4.72 Å². The molecule has 6 heteroatoms. The van der Waals surface area contributed by atoms with Gasteiger partial charge in [-0.05, 0) is 35.4 Å². The number of hydrogen-bond acceptors (Lipinski definition) is 3. The molecule has 0 aliphatic carbocycles. The third-order valence-corrected chi connectivity index (χ3v) is 4.04. The second-order valence-corrected chi connectivity index (χ2v) is 6.24. The summed E-state index contributed by atoms with van der Waals surface area (Å²) >= 11 is 0. The highest BCUT2D eigenvalue weighted by Gasteiger charge is 2.11. The standard InChI is InChI=1S/C15H13FN2O2S/c16-14-5-1-13(2-6-14)11-21(19,20)18-15-7-3-12(4-8-15)9-10-17/h1-8,18H,9,11H2. The number of rotatable bonds is 5. The van der Waals surface area contributed by atoms with E-state index in [0.29, 0.717) is 11.3 Å². The van der Waals surface area contributed by atoms with Crippen LogP contribution in [-0.4, -0.2) is 8.42 Å². The average Bonchev–Trinajstić information content (AvgIpc) is 2.43. The summed E-state index contributed by atoms with van der Waals surface area (Å²) in [6, 6.07) is 13.9. The maximum absolute atomic E-state index is 12.8. The number of nitrogens with zero attached hydrogens (tertiary/aromatic N) is 1. The molecule has 2 aromatic carbocycles. The molecule has 0 bridgehead atoms. The first-order valence-corrected chi connectivity index (χ1v) is 7.84. The highest BCUT2D eigenvalue weighted by atomic mass is 32.2. The van der Waals surface area contributed by atoms with Crippen LogP contribution in [0.5, 0.6) is 0 Å². The Morgan fingerprint density at radius 1 is 1.00 bits per heavy atom. The van der Waals surface area contributed by atoms with E-state index in [-0.39, 0.29) is 12.2 Å². The van der Waals surface area contributed by atoms with Gasteiger partial charge < -0.3 is 0 Å². The summed E-state index contributed by atoms with van der Waals surface area (Å²) in [4.78, 5) is 0. The van der Waals surface area contributed by atoms with Gasteiger partial charge in [-0.25, -0.2) is 12.8 Å². The van der Waals surface area contributed by atoms with Crippen LogP contribution < -0.4 is 4.72 Å². The van der Waals surface area contributed by atoms with E-state index in [0.717, 1.165) is 5.56 Å². The molecular formula is C15H13FN2O2S. The molecule has 21 heavy (non-hydrogen) atoms. The molecule has 1 N–H and O–H groups in total. The van der Waals surface area contributed by atoms with Crippen LogP contribution in [0, 0.1) is 17.1 Å². The van der Waals surface area contributed by atoms with Gasteiger partial charge in [-0.3, -0.25) is 4.72 Å². The van der Waals surface area contributed by atoms with Crippen LogP contribution in [-0.2, 0) is 22.2 Å². The largest absolute Gasteiger partial charge is 0.283 e. The zero-order chi connectivity index (χ0) is 15.3. The molecule has 0 fully saturated rings. The molecular weight excluding hydrogens is 291 g/mol. The van der Waals surface area contributed by atoms with Gasteiger partial charge in [-0.15, -0.1) is 0 Å². The number of benzene rings is 2. The fourth-order valence-corrected chi connectivity index (χ4v) is 3.00. The molecule has 0 aromatic heterocycles. The van der Waals surface area contributed by atoms with Crippen molar-refractivity contribution in [2.45, 2.75) is 12.2 Å². The summed E-state index contributed by atoms with van der Waals surface area (Å²) in [7, 11) is -3.56. The van der Waals surface area contributed by atoms with Crippen LogP contribution in [0.15, 0.2) is 48.5 Å². The first-order chi connectivity index (χ1) is 9.98. The van der Waals surface area contributed by atoms with Crippen LogP contribution in [0.1, 0.15) is 11.1 Å². The van der Waals surface area contributed by atoms with Crippen molar-refractivity contribution < 1.29 is 12.8 Å². The third kappa shape index (κ3) is 4.58. The van der Waals surface area contributed by atoms with Crippen molar-refractivity contribution >= 4 is 15.7 Å². The van der Waals surface area contributed by atoms with E-state index in [9.17, 15) is 12.8 Å². The lowest BCUT2D eigenvalue weighted by Crippen LogP contribution is -2.15.